The van der Waals surface area contributed by atoms with E-state index in [2.05, 4.69) is 35.9 Å². The van der Waals surface area contributed by atoms with Gasteiger partial charge >= 0.3 is 0 Å². The molecule has 3 rings (SSSR count). The van der Waals surface area contributed by atoms with Crippen LogP contribution in [0.4, 0.5) is 0 Å². The quantitative estimate of drug-likeness (QED) is 0.698. The normalized spacial score (nSPS) is 11.6. The van der Waals surface area contributed by atoms with E-state index in [0.717, 1.165) is 5.56 Å². The van der Waals surface area contributed by atoms with E-state index in [1.807, 2.05) is 18.2 Å². The van der Waals surface area contributed by atoms with Gasteiger partial charge in [0.15, 0.2) is 0 Å². The lowest BCUT2D eigenvalue weighted by molar-refractivity contribution is -0.113. The number of aryl methyl sites for hydroxylation is 1. The van der Waals surface area contributed by atoms with Crippen LogP contribution in [0.2, 0.25) is 0 Å². The highest BCUT2D eigenvalue weighted by atomic mass is 16.1. The minimum atomic E-state index is -0.432. The van der Waals surface area contributed by atoms with E-state index in [4.69, 9.17) is 5.73 Å². The van der Waals surface area contributed by atoms with Crippen molar-refractivity contribution in [2.75, 3.05) is 0 Å². The molecule has 0 aliphatic carbocycles. The summed E-state index contributed by atoms with van der Waals surface area (Å²) in [6.07, 6.45) is 3.12. The molecule has 3 heteroatoms. The standard InChI is InChI=1S/C16H14N2O/c1-18-14-5-3-2-4-12(14)13-10-11(6-8-15(13)18)7-9-16(17)19/h2-10H,1H3,(H2,17,19)/b9-7-. The monoisotopic (exact) mass is 250 g/mol. The SMILES string of the molecule is Cn1c2ccccc2c2cc(/C=C\C(N)=O)ccc21. The molecule has 0 saturated carbocycles. The van der Waals surface area contributed by atoms with Crippen LogP contribution < -0.4 is 5.73 Å². The second-order valence-corrected chi connectivity index (χ2v) is 4.59. The predicted molar refractivity (Wildman–Crippen MR) is 78.7 cm³/mol. The highest BCUT2D eigenvalue weighted by Gasteiger charge is 2.07. The number of fused-ring (bicyclic) bond motifs is 3. The zero-order chi connectivity index (χ0) is 13.4. The Hall–Kier alpha value is -2.55. The van der Waals surface area contributed by atoms with Gasteiger partial charge in [-0.3, -0.25) is 4.79 Å². The minimum absolute atomic E-state index is 0.432. The lowest BCUT2D eigenvalue weighted by Crippen LogP contribution is -2.05. The van der Waals surface area contributed by atoms with Crippen molar-refractivity contribution in [2.45, 2.75) is 0 Å². The number of carbonyl (C=O) groups is 1. The molecule has 1 heterocycles. The Morgan fingerprint density at radius 2 is 1.84 bits per heavy atom. The molecule has 0 spiro atoms. The van der Waals surface area contributed by atoms with Gasteiger partial charge in [0, 0.05) is 34.9 Å². The Bertz CT molecular complexity index is 812. The average Bonchev–Trinajstić information content (AvgIpc) is 2.71. The van der Waals surface area contributed by atoms with Gasteiger partial charge in [0.1, 0.15) is 0 Å². The Labute approximate surface area is 110 Å². The number of amides is 1. The first-order chi connectivity index (χ1) is 9.16. The molecule has 0 atom stereocenters. The van der Waals surface area contributed by atoms with Gasteiger partial charge in [0.2, 0.25) is 5.91 Å². The molecule has 94 valence electrons. The molecule has 0 fully saturated rings. The van der Waals surface area contributed by atoms with Crippen molar-refractivity contribution in [1.29, 1.82) is 0 Å². The second kappa shape index (κ2) is 4.28. The lowest BCUT2D eigenvalue weighted by Gasteiger charge is -1.98. The molecule has 0 saturated heterocycles. The summed E-state index contributed by atoms with van der Waals surface area (Å²) in [5.41, 5.74) is 8.47. The summed E-state index contributed by atoms with van der Waals surface area (Å²) in [5, 5.41) is 2.40. The van der Waals surface area contributed by atoms with Crippen LogP contribution in [0, 0.1) is 0 Å². The van der Waals surface area contributed by atoms with Crippen molar-refractivity contribution in [2.24, 2.45) is 12.8 Å². The molecule has 0 radical (unpaired) electrons. The zero-order valence-corrected chi connectivity index (χ0v) is 10.6. The number of hydrogen-bond donors (Lipinski definition) is 1. The van der Waals surface area contributed by atoms with Crippen LogP contribution in [0.15, 0.2) is 48.5 Å². The number of para-hydroxylation sites is 1. The summed E-state index contributed by atoms with van der Waals surface area (Å²) in [6, 6.07) is 14.4. The fourth-order valence-electron chi connectivity index (χ4n) is 2.47. The van der Waals surface area contributed by atoms with Gasteiger partial charge in [0.05, 0.1) is 0 Å². The van der Waals surface area contributed by atoms with Crippen LogP contribution in [0.25, 0.3) is 27.9 Å². The largest absolute Gasteiger partial charge is 0.366 e. The van der Waals surface area contributed by atoms with Gasteiger partial charge in [-0.1, -0.05) is 24.3 Å². The molecule has 2 aromatic carbocycles. The lowest BCUT2D eigenvalue weighted by atomic mass is 10.1. The third kappa shape index (κ3) is 1.89. The zero-order valence-electron chi connectivity index (χ0n) is 10.6. The maximum atomic E-state index is 10.8. The molecule has 1 aromatic heterocycles. The second-order valence-electron chi connectivity index (χ2n) is 4.59. The Kier molecular flexibility index (Phi) is 2.60. The molecule has 0 aliphatic rings. The van der Waals surface area contributed by atoms with E-state index in [1.54, 1.807) is 6.08 Å². The highest BCUT2D eigenvalue weighted by molar-refractivity contribution is 6.08. The molecular formula is C16H14N2O. The van der Waals surface area contributed by atoms with Crippen LogP contribution in [0.5, 0.6) is 0 Å². The van der Waals surface area contributed by atoms with Gasteiger partial charge in [-0.15, -0.1) is 0 Å². The Balaban J connectivity index is 2.28. The van der Waals surface area contributed by atoms with Gasteiger partial charge < -0.3 is 10.3 Å². The van der Waals surface area contributed by atoms with Gasteiger partial charge in [-0.25, -0.2) is 0 Å². The van der Waals surface area contributed by atoms with Gasteiger partial charge in [0.25, 0.3) is 0 Å². The van der Waals surface area contributed by atoms with Crippen molar-refractivity contribution in [1.82, 2.24) is 4.57 Å². The summed E-state index contributed by atoms with van der Waals surface area (Å²) in [5.74, 6) is -0.432. The third-order valence-electron chi connectivity index (χ3n) is 3.38. The molecule has 2 N–H and O–H groups in total. The first-order valence-electron chi connectivity index (χ1n) is 6.11. The number of hydrogen-bond acceptors (Lipinski definition) is 1. The number of carbonyl (C=O) groups excluding carboxylic acids is 1. The molecule has 1 amide bonds. The smallest absolute Gasteiger partial charge is 0.241 e. The van der Waals surface area contributed by atoms with E-state index < -0.39 is 5.91 Å². The number of primary amides is 1. The third-order valence-corrected chi connectivity index (χ3v) is 3.38. The topological polar surface area (TPSA) is 48.0 Å². The van der Waals surface area contributed by atoms with E-state index in [-0.39, 0.29) is 0 Å². The first kappa shape index (κ1) is 11.5. The molecular weight excluding hydrogens is 236 g/mol. The molecule has 19 heavy (non-hydrogen) atoms. The van der Waals surface area contributed by atoms with Crippen LogP contribution in [-0.4, -0.2) is 10.5 Å². The van der Waals surface area contributed by atoms with Crippen LogP contribution in [-0.2, 0) is 11.8 Å². The van der Waals surface area contributed by atoms with Crippen molar-refractivity contribution in [3.8, 4) is 0 Å². The van der Waals surface area contributed by atoms with Crippen molar-refractivity contribution >= 4 is 33.8 Å². The molecule has 3 aromatic rings. The molecule has 0 unspecified atom stereocenters. The van der Waals surface area contributed by atoms with E-state index >= 15 is 0 Å². The maximum Gasteiger partial charge on any atom is 0.241 e. The summed E-state index contributed by atoms with van der Waals surface area (Å²) >= 11 is 0. The minimum Gasteiger partial charge on any atom is -0.366 e. The molecule has 0 bridgehead atoms. The van der Waals surface area contributed by atoms with Crippen molar-refractivity contribution in [3.05, 3.63) is 54.1 Å². The first-order valence-corrected chi connectivity index (χ1v) is 6.11. The number of benzene rings is 2. The summed E-state index contributed by atoms with van der Waals surface area (Å²) < 4.78 is 2.17. The molecule has 0 aliphatic heterocycles. The maximum absolute atomic E-state index is 10.8. The predicted octanol–water partition coefficient (Wildman–Crippen LogP) is 2.83. The summed E-state index contributed by atoms with van der Waals surface area (Å²) in [7, 11) is 2.06. The van der Waals surface area contributed by atoms with Crippen LogP contribution >= 0.6 is 0 Å². The average molecular weight is 250 g/mol. The van der Waals surface area contributed by atoms with Crippen molar-refractivity contribution in [3.63, 3.8) is 0 Å². The number of aromatic nitrogens is 1. The van der Waals surface area contributed by atoms with Crippen LogP contribution in [0.3, 0.4) is 0 Å². The van der Waals surface area contributed by atoms with E-state index in [0.29, 0.717) is 0 Å². The number of nitrogens with two attached hydrogens (primary N) is 1. The van der Waals surface area contributed by atoms with Gasteiger partial charge in [-0.05, 0) is 29.8 Å². The van der Waals surface area contributed by atoms with Gasteiger partial charge in [-0.2, -0.15) is 0 Å². The highest BCUT2D eigenvalue weighted by Crippen LogP contribution is 2.28. The molecule has 3 nitrogen and oxygen atoms in total. The number of rotatable bonds is 2. The van der Waals surface area contributed by atoms with E-state index in [1.165, 1.54) is 27.9 Å². The van der Waals surface area contributed by atoms with Crippen LogP contribution in [0.1, 0.15) is 5.56 Å². The Morgan fingerprint density at radius 1 is 1.11 bits per heavy atom. The fraction of sp³-hybridized carbons (Fsp3) is 0.0625. The van der Waals surface area contributed by atoms with Crippen molar-refractivity contribution < 1.29 is 4.79 Å². The Morgan fingerprint density at radius 3 is 2.63 bits per heavy atom. The number of nitrogens with zero attached hydrogens (tertiary/aromatic N) is 1. The van der Waals surface area contributed by atoms with E-state index in [9.17, 15) is 4.79 Å². The summed E-state index contributed by atoms with van der Waals surface area (Å²) in [6.45, 7) is 0. The summed E-state index contributed by atoms with van der Waals surface area (Å²) in [4.78, 5) is 10.8. The fourth-order valence-corrected chi connectivity index (χ4v) is 2.47.